The number of hydrogen-bond acceptors (Lipinski definition) is 6. The van der Waals surface area contributed by atoms with Crippen molar-refractivity contribution in [3.63, 3.8) is 0 Å². The fourth-order valence-electron chi connectivity index (χ4n) is 2.89. The van der Waals surface area contributed by atoms with Crippen LogP contribution < -0.4 is 10.2 Å². The van der Waals surface area contributed by atoms with Crippen LogP contribution in [0.3, 0.4) is 0 Å². The number of alkyl halides is 1. The first kappa shape index (κ1) is 14.1. The predicted octanol–water partition coefficient (Wildman–Crippen LogP) is 1.78. The van der Waals surface area contributed by atoms with E-state index < -0.39 is 6.17 Å². The van der Waals surface area contributed by atoms with Gasteiger partial charge in [0.2, 0.25) is 5.89 Å². The summed E-state index contributed by atoms with van der Waals surface area (Å²) >= 11 is 2.00. The minimum atomic E-state index is -0.810. The van der Waals surface area contributed by atoms with Gasteiger partial charge in [0.15, 0.2) is 0 Å². The zero-order valence-corrected chi connectivity index (χ0v) is 12.5. The maximum Gasteiger partial charge on any atom is 0.318 e. The van der Waals surface area contributed by atoms with Crippen molar-refractivity contribution < 1.29 is 8.81 Å². The van der Waals surface area contributed by atoms with Crippen LogP contribution in [0.1, 0.15) is 25.2 Å². The molecule has 2 aliphatic heterocycles. The number of thioether (sulfide) groups is 1. The maximum atomic E-state index is 13.7. The number of halogens is 1. The summed E-state index contributed by atoms with van der Waals surface area (Å²) in [6.45, 7) is 2.90. The van der Waals surface area contributed by atoms with Crippen molar-refractivity contribution in [1.29, 1.82) is 0 Å². The van der Waals surface area contributed by atoms with Gasteiger partial charge in [-0.1, -0.05) is 5.10 Å². The summed E-state index contributed by atoms with van der Waals surface area (Å²) in [5, 5.41) is 11.4. The van der Waals surface area contributed by atoms with E-state index in [4.69, 9.17) is 4.42 Å². The number of hydrogen-bond donors (Lipinski definition) is 1. The molecule has 0 bridgehead atoms. The molecule has 0 radical (unpaired) electrons. The molecule has 2 fully saturated rings. The molecule has 0 unspecified atom stereocenters. The van der Waals surface area contributed by atoms with Gasteiger partial charge >= 0.3 is 6.01 Å². The zero-order chi connectivity index (χ0) is 13.9. The third-order valence-corrected chi connectivity index (χ3v) is 5.14. The number of anilines is 1. The molecule has 112 valence electrons. The van der Waals surface area contributed by atoms with E-state index in [1.165, 1.54) is 18.6 Å². The lowest BCUT2D eigenvalue weighted by molar-refractivity contribution is 0.352. The van der Waals surface area contributed by atoms with Crippen LogP contribution in [-0.2, 0) is 0 Å². The van der Waals surface area contributed by atoms with Gasteiger partial charge in [-0.05, 0) is 18.6 Å². The van der Waals surface area contributed by atoms with Crippen molar-refractivity contribution >= 4 is 17.8 Å². The molecule has 0 aromatic carbocycles. The average Bonchev–Trinajstić information content (AvgIpc) is 3.03. The number of aryl methyl sites for hydroxylation is 1. The Kier molecular flexibility index (Phi) is 4.45. The lowest BCUT2D eigenvalue weighted by Crippen LogP contribution is -2.43. The molecule has 3 atom stereocenters. The molecule has 2 aliphatic rings. The van der Waals surface area contributed by atoms with Gasteiger partial charge in [-0.2, -0.15) is 11.8 Å². The topological polar surface area (TPSA) is 54.2 Å². The first-order valence-electron chi connectivity index (χ1n) is 7.24. The monoisotopic (exact) mass is 300 g/mol. The highest BCUT2D eigenvalue weighted by atomic mass is 32.2. The van der Waals surface area contributed by atoms with Crippen molar-refractivity contribution in [2.45, 2.75) is 44.4 Å². The molecule has 0 aliphatic carbocycles. The van der Waals surface area contributed by atoms with Gasteiger partial charge in [-0.3, -0.25) is 0 Å². The van der Waals surface area contributed by atoms with E-state index >= 15 is 0 Å². The van der Waals surface area contributed by atoms with E-state index in [1.54, 1.807) is 6.92 Å². The first-order chi connectivity index (χ1) is 9.72. The van der Waals surface area contributed by atoms with Crippen molar-refractivity contribution in [2.24, 2.45) is 0 Å². The number of rotatable bonds is 4. The SMILES string of the molecule is Cc1nnc(N2C[C@@H](F)C[C@H]2CN[C@@H]2CCCSC2)o1. The lowest BCUT2D eigenvalue weighted by atomic mass is 10.1. The quantitative estimate of drug-likeness (QED) is 0.915. The fourth-order valence-corrected chi connectivity index (χ4v) is 4.00. The zero-order valence-electron chi connectivity index (χ0n) is 11.7. The third kappa shape index (κ3) is 3.25. The Labute approximate surface area is 122 Å². The standard InChI is InChI=1S/C13H21FN4OS/c1-9-16-17-13(19-9)18-7-10(14)5-12(18)6-15-11-3-2-4-20-8-11/h10-12,15H,2-8H2,1H3/t10-,11+,12-/m0/s1. The molecular weight excluding hydrogens is 279 g/mol. The molecule has 0 amide bonds. The van der Waals surface area contributed by atoms with Crippen molar-refractivity contribution in [1.82, 2.24) is 15.5 Å². The number of aromatic nitrogens is 2. The Hall–Kier alpha value is -0.820. The summed E-state index contributed by atoms with van der Waals surface area (Å²) in [4.78, 5) is 1.91. The molecule has 1 N–H and O–H groups in total. The Balaban J connectivity index is 1.58. The highest BCUT2D eigenvalue weighted by Crippen LogP contribution is 2.26. The second-order valence-electron chi connectivity index (χ2n) is 5.57. The number of nitrogens with one attached hydrogen (secondary N) is 1. The molecular formula is C13H21FN4OS. The highest BCUT2D eigenvalue weighted by molar-refractivity contribution is 7.99. The minimum Gasteiger partial charge on any atom is -0.408 e. The van der Waals surface area contributed by atoms with Gasteiger partial charge in [-0.25, -0.2) is 4.39 Å². The van der Waals surface area contributed by atoms with Crippen molar-refractivity contribution in [3.05, 3.63) is 5.89 Å². The largest absolute Gasteiger partial charge is 0.408 e. The van der Waals surface area contributed by atoms with Gasteiger partial charge < -0.3 is 14.6 Å². The van der Waals surface area contributed by atoms with Crippen LogP contribution in [0.15, 0.2) is 4.42 Å². The Morgan fingerprint density at radius 3 is 3.10 bits per heavy atom. The Morgan fingerprint density at radius 2 is 2.40 bits per heavy atom. The molecule has 5 nitrogen and oxygen atoms in total. The normalized spacial score (nSPS) is 30.9. The summed E-state index contributed by atoms with van der Waals surface area (Å²) in [6.07, 6.45) is 2.22. The Bertz CT molecular complexity index is 438. The first-order valence-corrected chi connectivity index (χ1v) is 8.40. The van der Waals surface area contributed by atoms with Crippen LogP contribution in [0.2, 0.25) is 0 Å². The summed E-state index contributed by atoms with van der Waals surface area (Å²) in [5.74, 6) is 2.95. The summed E-state index contributed by atoms with van der Waals surface area (Å²) in [5.41, 5.74) is 0. The van der Waals surface area contributed by atoms with Gasteiger partial charge in [0.05, 0.1) is 6.54 Å². The van der Waals surface area contributed by atoms with Crippen LogP contribution in [0.25, 0.3) is 0 Å². The fraction of sp³-hybridized carbons (Fsp3) is 0.846. The van der Waals surface area contributed by atoms with E-state index in [0.717, 1.165) is 12.3 Å². The second-order valence-corrected chi connectivity index (χ2v) is 6.71. The van der Waals surface area contributed by atoms with Crippen LogP contribution in [0, 0.1) is 6.92 Å². The van der Waals surface area contributed by atoms with Crippen LogP contribution >= 0.6 is 11.8 Å². The van der Waals surface area contributed by atoms with Crippen molar-refractivity contribution in [2.75, 3.05) is 29.5 Å². The molecule has 1 aromatic heterocycles. The highest BCUT2D eigenvalue weighted by Gasteiger charge is 2.35. The van der Waals surface area contributed by atoms with Crippen molar-refractivity contribution in [3.8, 4) is 0 Å². The summed E-state index contributed by atoms with van der Waals surface area (Å²) in [7, 11) is 0. The molecule has 20 heavy (non-hydrogen) atoms. The minimum absolute atomic E-state index is 0.108. The van der Waals surface area contributed by atoms with Gasteiger partial charge in [0.1, 0.15) is 6.17 Å². The Morgan fingerprint density at radius 1 is 1.50 bits per heavy atom. The molecule has 1 aromatic rings. The number of nitrogens with zero attached hydrogens (tertiary/aromatic N) is 3. The van der Waals surface area contributed by atoms with E-state index in [-0.39, 0.29) is 6.04 Å². The molecule has 0 saturated carbocycles. The van der Waals surface area contributed by atoms with Gasteiger partial charge in [-0.15, -0.1) is 5.10 Å². The second kappa shape index (κ2) is 6.30. The van der Waals surface area contributed by atoms with Gasteiger partial charge in [0.25, 0.3) is 0 Å². The van der Waals surface area contributed by atoms with Crippen LogP contribution in [0.5, 0.6) is 0 Å². The third-order valence-electron chi connectivity index (χ3n) is 3.93. The maximum absolute atomic E-state index is 13.7. The lowest BCUT2D eigenvalue weighted by Gasteiger charge is -2.27. The van der Waals surface area contributed by atoms with E-state index in [9.17, 15) is 4.39 Å². The smallest absolute Gasteiger partial charge is 0.318 e. The molecule has 7 heteroatoms. The summed E-state index contributed by atoms with van der Waals surface area (Å²) in [6, 6.07) is 1.11. The van der Waals surface area contributed by atoms with Gasteiger partial charge in [0, 0.05) is 37.7 Å². The molecule has 3 rings (SSSR count). The molecule has 0 spiro atoms. The van der Waals surface area contributed by atoms with E-state index in [0.29, 0.717) is 30.9 Å². The average molecular weight is 300 g/mol. The summed E-state index contributed by atoms with van der Waals surface area (Å²) < 4.78 is 19.2. The van der Waals surface area contributed by atoms with Crippen LogP contribution in [0.4, 0.5) is 10.4 Å². The van der Waals surface area contributed by atoms with Crippen LogP contribution in [-0.4, -0.2) is 53.0 Å². The molecule has 2 saturated heterocycles. The van der Waals surface area contributed by atoms with E-state index in [2.05, 4.69) is 15.5 Å². The molecule has 3 heterocycles. The van der Waals surface area contributed by atoms with E-state index in [1.807, 2.05) is 16.7 Å². The predicted molar refractivity (Wildman–Crippen MR) is 78.0 cm³/mol.